The fourth-order valence-electron chi connectivity index (χ4n) is 7.10. The standard InChI is InChI=1S/C43H28O/c1-27-11-8-21-38-42-33(20-10-22-39(42)44-43(27)38)30-14-9-15-31(26-30)40-34-16-4-6-18-36(34)41(37-19-7-5-17-35(37)40)32-24-23-28-12-2-3-13-29(28)25-32/h2-26H,1H3/i2D. The monoisotopic (exact) mass is 561 g/mol. The van der Waals surface area contributed by atoms with E-state index < -0.39 is 0 Å². The molecule has 1 nitrogen and oxygen atoms in total. The van der Waals surface area contributed by atoms with E-state index in [-0.39, 0.29) is 0 Å². The lowest BCUT2D eigenvalue weighted by atomic mass is 9.85. The van der Waals surface area contributed by atoms with Crippen molar-refractivity contribution in [1.29, 1.82) is 0 Å². The molecule has 0 bridgehead atoms. The Balaban J connectivity index is 1.31. The van der Waals surface area contributed by atoms with E-state index in [9.17, 15) is 0 Å². The lowest BCUT2D eigenvalue weighted by Crippen LogP contribution is -1.91. The molecule has 0 saturated heterocycles. The summed E-state index contributed by atoms with van der Waals surface area (Å²) in [5, 5.41) is 9.46. The molecule has 0 aliphatic rings. The average molecular weight is 562 g/mol. The van der Waals surface area contributed by atoms with E-state index in [0.717, 1.165) is 38.3 Å². The molecule has 206 valence electrons. The quantitative estimate of drug-likeness (QED) is 0.196. The summed E-state index contributed by atoms with van der Waals surface area (Å²) < 4.78 is 14.4. The largest absolute Gasteiger partial charge is 0.456 e. The molecule has 0 N–H and O–H groups in total. The number of rotatable bonds is 3. The van der Waals surface area contributed by atoms with Gasteiger partial charge in [0.15, 0.2) is 0 Å². The SMILES string of the molecule is [2H]c1ccc2cc(-c3c4ccccc4c(-c4cccc(-c5cccc6oc7c(C)cccc7c56)c4)c4ccccc34)ccc2c1. The van der Waals surface area contributed by atoms with Gasteiger partial charge in [-0.2, -0.15) is 0 Å². The third-order valence-electron chi connectivity index (χ3n) is 9.09. The third kappa shape index (κ3) is 3.73. The predicted molar refractivity (Wildman–Crippen MR) is 187 cm³/mol. The Bertz CT molecular complexity index is 2570. The second-order valence-corrected chi connectivity index (χ2v) is 11.6. The maximum absolute atomic E-state index is 8.06. The highest BCUT2D eigenvalue weighted by atomic mass is 16.3. The van der Waals surface area contributed by atoms with Gasteiger partial charge >= 0.3 is 0 Å². The molecule has 0 aliphatic heterocycles. The Morgan fingerprint density at radius 3 is 1.86 bits per heavy atom. The maximum Gasteiger partial charge on any atom is 0.138 e. The molecule has 1 heteroatoms. The van der Waals surface area contributed by atoms with Gasteiger partial charge in [0.2, 0.25) is 0 Å². The van der Waals surface area contributed by atoms with Crippen molar-refractivity contribution in [2.24, 2.45) is 0 Å². The molecule has 9 aromatic rings. The second kappa shape index (κ2) is 9.69. The fourth-order valence-corrected chi connectivity index (χ4v) is 7.10. The summed E-state index contributed by atoms with van der Waals surface area (Å²) >= 11 is 0. The van der Waals surface area contributed by atoms with Crippen LogP contribution in [0.2, 0.25) is 0 Å². The fraction of sp³-hybridized carbons (Fsp3) is 0.0233. The highest BCUT2D eigenvalue weighted by Gasteiger charge is 2.18. The maximum atomic E-state index is 8.06. The van der Waals surface area contributed by atoms with E-state index in [1.54, 1.807) is 0 Å². The van der Waals surface area contributed by atoms with E-state index >= 15 is 0 Å². The van der Waals surface area contributed by atoms with Crippen LogP contribution < -0.4 is 0 Å². The van der Waals surface area contributed by atoms with Crippen LogP contribution in [0, 0.1) is 6.92 Å². The van der Waals surface area contributed by atoms with Gasteiger partial charge in [-0.25, -0.2) is 0 Å². The average Bonchev–Trinajstić information content (AvgIpc) is 3.47. The van der Waals surface area contributed by atoms with Crippen molar-refractivity contribution in [3.05, 3.63) is 157 Å². The molecule has 0 aliphatic carbocycles. The number of aryl methyl sites for hydroxylation is 1. The smallest absolute Gasteiger partial charge is 0.138 e. The minimum atomic E-state index is 0.532. The third-order valence-corrected chi connectivity index (χ3v) is 9.09. The van der Waals surface area contributed by atoms with Crippen LogP contribution in [0.15, 0.2) is 156 Å². The van der Waals surface area contributed by atoms with E-state index in [1.807, 2.05) is 12.1 Å². The molecule has 1 heterocycles. The van der Waals surface area contributed by atoms with E-state index in [1.165, 1.54) is 54.9 Å². The summed E-state index contributed by atoms with van der Waals surface area (Å²) in [6, 6.07) is 52.3. The summed E-state index contributed by atoms with van der Waals surface area (Å²) in [6.45, 7) is 2.11. The second-order valence-electron chi connectivity index (χ2n) is 11.6. The van der Waals surface area contributed by atoms with Gasteiger partial charge in [-0.3, -0.25) is 0 Å². The zero-order valence-corrected chi connectivity index (χ0v) is 24.3. The van der Waals surface area contributed by atoms with Crippen LogP contribution in [-0.4, -0.2) is 0 Å². The Hall–Kier alpha value is -5.66. The minimum Gasteiger partial charge on any atom is -0.456 e. The zero-order valence-electron chi connectivity index (χ0n) is 25.3. The van der Waals surface area contributed by atoms with Gasteiger partial charge in [0.05, 0.1) is 1.37 Å². The number of benzene rings is 8. The normalized spacial score (nSPS) is 12.1. The van der Waals surface area contributed by atoms with Crippen LogP contribution in [-0.2, 0) is 0 Å². The first-order chi connectivity index (χ1) is 22.1. The first-order valence-electron chi connectivity index (χ1n) is 15.6. The number of furan rings is 1. The molecule has 1 aromatic heterocycles. The molecule has 0 spiro atoms. The molecule has 0 unspecified atom stereocenters. The minimum absolute atomic E-state index is 0.532. The van der Waals surface area contributed by atoms with Crippen LogP contribution in [0.1, 0.15) is 6.93 Å². The Morgan fingerprint density at radius 2 is 1.11 bits per heavy atom. The van der Waals surface area contributed by atoms with E-state index in [4.69, 9.17) is 5.79 Å². The first-order valence-corrected chi connectivity index (χ1v) is 15.1. The van der Waals surface area contributed by atoms with Crippen molar-refractivity contribution in [2.45, 2.75) is 6.92 Å². The molecule has 0 amide bonds. The number of hydrogen-bond donors (Lipinski definition) is 0. The zero-order chi connectivity index (χ0) is 30.1. The molecule has 9 rings (SSSR count). The molecule has 0 fully saturated rings. The molecule has 0 saturated carbocycles. The lowest BCUT2D eigenvalue weighted by Gasteiger charge is -2.18. The lowest BCUT2D eigenvalue weighted by molar-refractivity contribution is 0.666. The van der Waals surface area contributed by atoms with Gasteiger partial charge in [0, 0.05) is 10.8 Å². The number of fused-ring (bicyclic) bond motifs is 6. The van der Waals surface area contributed by atoms with Gasteiger partial charge in [-0.15, -0.1) is 0 Å². The molecular formula is C43H28O. The first kappa shape index (κ1) is 23.9. The van der Waals surface area contributed by atoms with Crippen molar-refractivity contribution in [1.82, 2.24) is 0 Å². The van der Waals surface area contributed by atoms with Crippen molar-refractivity contribution in [3.63, 3.8) is 0 Å². The van der Waals surface area contributed by atoms with Gasteiger partial charge in [-0.05, 0) is 96.4 Å². The van der Waals surface area contributed by atoms with Crippen LogP contribution >= 0.6 is 0 Å². The number of hydrogen-bond acceptors (Lipinski definition) is 1. The topological polar surface area (TPSA) is 13.1 Å². The summed E-state index contributed by atoms with van der Waals surface area (Å²) in [7, 11) is 0. The van der Waals surface area contributed by atoms with Crippen molar-refractivity contribution in [3.8, 4) is 33.4 Å². The van der Waals surface area contributed by atoms with Gasteiger partial charge in [-0.1, -0.05) is 133 Å². The highest BCUT2D eigenvalue weighted by Crippen LogP contribution is 2.45. The Labute approximate surface area is 257 Å². The van der Waals surface area contributed by atoms with Crippen LogP contribution in [0.4, 0.5) is 0 Å². The van der Waals surface area contributed by atoms with Gasteiger partial charge in [0.1, 0.15) is 11.2 Å². The van der Waals surface area contributed by atoms with Crippen molar-refractivity contribution in [2.75, 3.05) is 0 Å². The Morgan fingerprint density at radius 1 is 0.477 bits per heavy atom. The number of para-hydroxylation sites is 1. The van der Waals surface area contributed by atoms with Crippen molar-refractivity contribution < 1.29 is 5.79 Å². The van der Waals surface area contributed by atoms with Gasteiger partial charge < -0.3 is 4.42 Å². The van der Waals surface area contributed by atoms with Crippen LogP contribution in [0.25, 0.3) is 87.6 Å². The molecule has 0 atom stereocenters. The summed E-state index contributed by atoms with van der Waals surface area (Å²) in [4.78, 5) is 0. The van der Waals surface area contributed by atoms with E-state index in [2.05, 4.69) is 140 Å². The molecule has 44 heavy (non-hydrogen) atoms. The van der Waals surface area contributed by atoms with Crippen LogP contribution in [0.3, 0.4) is 0 Å². The predicted octanol–water partition coefficient (Wildman–Crippen LogP) is 12.4. The Kier molecular flexibility index (Phi) is 5.25. The molecule has 8 aromatic carbocycles. The van der Waals surface area contributed by atoms with E-state index in [0.29, 0.717) is 6.04 Å². The summed E-state index contributed by atoms with van der Waals surface area (Å²) in [5.74, 6) is 0. The van der Waals surface area contributed by atoms with Gasteiger partial charge in [0.25, 0.3) is 0 Å². The highest BCUT2D eigenvalue weighted by molar-refractivity contribution is 6.22. The molecule has 0 radical (unpaired) electrons. The summed E-state index contributed by atoms with van der Waals surface area (Å²) in [5.41, 5.74) is 10.2. The van der Waals surface area contributed by atoms with Crippen LogP contribution in [0.5, 0.6) is 0 Å². The van der Waals surface area contributed by atoms with Crippen molar-refractivity contribution >= 4 is 54.3 Å². The molecular weight excluding hydrogens is 532 g/mol. The summed E-state index contributed by atoms with van der Waals surface area (Å²) in [6.07, 6.45) is 0.